The van der Waals surface area contributed by atoms with Crippen LogP contribution in [0.4, 0.5) is 9.18 Å². The van der Waals surface area contributed by atoms with Gasteiger partial charge in [0.25, 0.3) is 0 Å². The number of carbonyl (C=O) groups excluding carboxylic acids is 1. The number of carbonyl (C=O) groups is 1. The molecule has 0 spiro atoms. The molecule has 0 atom stereocenters. The highest BCUT2D eigenvalue weighted by Crippen LogP contribution is 2.22. The summed E-state index contributed by atoms with van der Waals surface area (Å²) < 4.78 is 46.7. The van der Waals surface area contributed by atoms with Gasteiger partial charge in [0.05, 0.1) is 46.2 Å². The van der Waals surface area contributed by atoms with E-state index < -0.39 is 5.60 Å². The molecule has 1 heterocycles. The first kappa shape index (κ1) is 35.5. The van der Waals surface area contributed by atoms with E-state index >= 15 is 0 Å². The van der Waals surface area contributed by atoms with Crippen LogP contribution in [0.15, 0.2) is 52.9 Å². The molecule has 244 valence electrons. The van der Waals surface area contributed by atoms with Gasteiger partial charge in [-0.3, -0.25) is 0 Å². The second-order valence-corrected chi connectivity index (χ2v) is 11.6. The normalized spacial score (nSPS) is 11.8. The molecule has 3 aromatic rings. The maximum absolute atomic E-state index is 13.1. The van der Waals surface area contributed by atoms with Crippen LogP contribution in [0.5, 0.6) is 0 Å². The molecule has 3 rings (SSSR count). The van der Waals surface area contributed by atoms with E-state index in [0.29, 0.717) is 59.4 Å². The summed E-state index contributed by atoms with van der Waals surface area (Å²) in [5.74, 6) is 0.714. The molecule has 9 nitrogen and oxygen atoms in total. The fraction of sp³-hybridized carbons (Fsp3) is 0.559. The zero-order valence-electron chi connectivity index (χ0n) is 26.7. The first-order valence-corrected chi connectivity index (χ1v) is 15.4. The van der Waals surface area contributed by atoms with Crippen molar-refractivity contribution in [3.05, 3.63) is 71.2 Å². The number of amides is 1. The molecule has 0 fully saturated rings. The third kappa shape index (κ3) is 14.6. The average Bonchev–Trinajstić information content (AvgIpc) is 3.39. The first-order chi connectivity index (χ1) is 21.2. The number of furan rings is 1. The molecule has 44 heavy (non-hydrogen) atoms. The number of rotatable bonds is 21. The van der Waals surface area contributed by atoms with Gasteiger partial charge in [-0.1, -0.05) is 24.3 Å². The van der Waals surface area contributed by atoms with Gasteiger partial charge in [0.1, 0.15) is 22.8 Å². The highest BCUT2D eigenvalue weighted by molar-refractivity contribution is 5.78. The first-order valence-electron chi connectivity index (χ1n) is 15.4. The number of aryl methyl sites for hydroxylation is 2. The summed E-state index contributed by atoms with van der Waals surface area (Å²) in [6, 6.07) is 14.9. The van der Waals surface area contributed by atoms with Gasteiger partial charge in [-0.05, 0) is 69.0 Å². The predicted octanol–water partition coefficient (Wildman–Crippen LogP) is 5.77. The van der Waals surface area contributed by atoms with E-state index in [1.54, 1.807) is 11.9 Å². The number of fused-ring (bicyclic) bond motifs is 1. The Kier molecular flexibility index (Phi) is 15.6. The minimum absolute atomic E-state index is 0.216. The van der Waals surface area contributed by atoms with Crippen LogP contribution in [0.2, 0.25) is 0 Å². The number of benzene rings is 2. The Bertz CT molecular complexity index is 1230. The third-order valence-electron chi connectivity index (χ3n) is 6.56. The maximum Gasteiger partial charge on any atom is 0.410 e. The Morgan fingerprint density at radius 3 is 2.09 bits per heavy atom. The molecule has 0 saturated heterocycles. The second-order valence-electron chi connectivity index (χ2n) is 11.6. The lowest BCUT2D eigenvalue weighted by Crippen LogP contribution is -2.35. The van der Waals surface area contributed by atoms with Gasteiger partial charge >= 0.3 is 6.09 Å². The molecule has 1 amide bonds. The van der Waals surface area contributed by atoms with E-state index in [2.05, 4.69) is 29.6 Å². The molecule has 1 aromatic heterocycles. The van der Waals surface area contributed by atoms with Crippen LogP contribution in [0, 0.1) is 5.82 Å². The summed E-state index contributed by atoms with van der Waals surface area (Å²) in [6.07, 6.45) is 1.99. The van der Waals surface area contributed by atoms with Crippen molar-refractivity contribution in [1.29, 1.82) is 0 Å². The van der Waals surface area contributed by atoms with Crippen molar-refractivity contribution in [2.45, 2.75) is 52.2 Å². The molecule has 0 aliphatic rings. The Labute approximate surface area is 260 Å². The fourth-order valence-corrected chi connectivity index (χ4v) is 4.26. The van der Waals surface area contributed by atoms with E-state index in [1.165, 1.54) is 12.1 Å². The summed E-state index contributed by atoms with van der Waals surface area (Å²) in [7, 11) is 1.72. The molecular weight excluding hydrogens is 567 g/mol. The summed E-state index contributed by atoms with van der Waals surface area (Å²) >= 11 is 0. The number of hydrogen-bond acceptors (Lipinski definition) is 8. The van der Waals surface area contributed by atoms with Gasteiger partial charge in [0.2, 0.25) is 0 Å². The predicted molar refractivity (Wildman–Crippen MR) is 168 cm³/mol. The third-order valence-corrected chi connectivity index (χ3v) is 6.56. The number of halogens is 1. The molecule has 0 bridgehead atoms. The van der Waals surface area contributed by atoms with E-state index in [4.69, 9.17) is 28.1 Å². The molecule has 0 aliphatic carbocycles. The summed E-state index contributed by atoms with van der Waals surface area (Å²) in [4.78, 5) is 13.5. The smallest absolute Gasteiger partial charge is 0.410 e. The van der Waals surface area contributed by atoms with E-state index in [-0.39, 0.29) is 11.9 Å². The van der Waals surface area contributed by atoms with Crippen LogP contribution in [-0.4, -0.2) is 89.6 Å². The standard InChI is InChI=1S/C34H49FN2O7/c1-34(2,3)44-33(38)37(4)15-5-16-39-18-20-41-22-23-42-21-19-40-17-14-36-26-28-6-10-29-25-31(43-32(29)24-28)13-9-27-7-11-30(35)12-8-27/h6-8,10-12,24-25,36H,5,9,13-23,26H2,1-4H3. The van der Waals surface area contributed by atoms with Gasteiger partial charge in [0.15, 0.2) is 0 Å². The van der Waals surface area contributed by atoms with Crippen molar-refractivity contribution >= 4 is 17.1 Å². The zero-order chi connectivity index (χ0) is 31.6. The molecule has 0 radical (unpaired) electrons. The van der Waals surface area contributed by atoms with Crippen LogP contribution in [0.1, 0.15) is 44.1 Å². The number of ether oxygens (including phenoxy) is 5. The second kappa shape index (κ2) is 19.4. The molecule has 0 saturated carbocycles. The lowest BCUT2D eigenvalue weighted by atomic mass is 10.1. The van der Waals surface area contributed by atoms with Gasteiger partial charge < -0.3 is 38.3 Å². The van der Waals surface area contributed by atoms with E-state index in [9.17, 15) is 9.18 Å². The monoisotopic (exact) mass is 616 g/mol. The molecule has 2 aromatic carbocycles. The van der Waals surface area contributed by atoms with Crippen LogP contribution in [-0.2, 0) is 43.1 Å². The SMILES string of the molecule is CN(CCCOCCOCCOCCOCCNCc1ccc2cc(CCc3ccc(F)cc3)oc2c1)C(=O)OC(C)(C)C. The van der Waals surface area contributed by atoms with Gasteiger partial charge in [-0.15, -0.1) is 0 Å². The van der Waals surface area contributed by atoms with Crippen molar-refractivity contribution < 1.29 is 37.3 Å². The average molecular weight is 617 g/mol. The Balaban J connectivity index is 1.11. The van der Waals surface area contributed by atoms with Crippen LogP contribution in [0.25, 0.3) is 11.0 Å². The van der Waals surface area contributed by atoms with Crippen LogP contribution < -0.4 is 5.32 Å². The van der Waals surface area contributed by atoms with Gasteiger partial charge in [0, 0.05) is 45.1 Å². The quantitative estimate of drug-likeness (QED) is 0.151. The topological polar surface area (TPSA) is 91.6 Å². The largest absolute Gasteiger partial charge is 0.461 e. The molecule has 0 aliphatic heterocycles. The van der Waals surface area contributed by atoms with E-state index in [0.717, 1.165) is 60.2 Å². The number of nitrogens with one attached hydrogen (secondary N) is 1. The van der Waals surface area contributed by atoms with E-state index in [1.807, 2.05) is 32.9 Å². The molecular formula is C34H49FN2O7. The summed E-state index contributed by atoms with van der Waals surface area (Å²) in [6.45, 7) is 11.8. The highest BCUT2D eigenvalue weighted by atomic mass is 19.1. The van der Waals surface area contributed by atoms with Crippen molar-refractivity contribution in [3.8, 4) is 0 Å². The number of nitrogens with zero attached hydrogens (tertiary/aromatic N) is 1. The molecule has 1 N–H and O–H groups in total. The minimum Gasteiger partial charge on any atom is -0.461 e. The van der Waals surface area contributed by atoms with Crippen molar-refractivity contribution in [2.75, 3.05) is 73.0 Å². The Morgan fingerprint density at radius 2 is 1.43 bits per heavy atom. The van der Waals surface area contributed by atoms with Crippen LogP contribution in [0.3, 0.4) is 0 Å². The molecule has 0 unspecified atom stereocenters. The van der Waals surface area contributed by atoms with Gasteiger partial charge in [-0.25, -0.2) is 9.18 Å². The van der Waals surface area contributed by atoms with Crippen LogP contribution >= 0.6 is 0 Å². The van der Waals surface area contributed by atoms with Gasteiger partial charge in [-0.2, -0.15) is 0 Å². The summed E-state index contributed by atoms with van der Waals surface area (Å²) in [5.41, 5.74) is 2.63. The van der Waals surface area contributed by atoms with Crippen molar-refractivity contribution in [2.24, 2.45) is 0 Å². The number of hydrogen-bond donors (Lipinski definition) is 1. The fourth-order valence-electron chi connectivity index (χ4n) is 4.26. The molecule has 10 heteroatoms. The maximum atomic E-state index is 13.1. The highest BCUT2D eigenvalue weighted by Gasteiger charge is 2.19. The lowest BCUT2D eigenvalue weighted by Gasteiger charge is -2.24. The van der Waals surface area contributed by atoms with Crippen molar-refractivity contribution in [3.63, 3.8) is 0 Å². The lowest BCUT2D eigenvalue weighted by molar-refractivity contribution is -0.00272. The zero-order valence-corrected chi connectivity index (χ0v) is 26.7. The Hall–Kier alpha value is -3.02. The minimum atomic E-state index is -0.491. The van der Waals surface area contributed by atoms with Crippen molar-refractivity contribution in [1.82, 2.24) is 10.2 Å². The summed E-state index contributed by atoms with van der Waals surface area (Å²) in [5, 5.41) is 4.48. The Morgan fingerprint density at radius 1 is 0.818 bits per heavy atom.